The molecule has 5 nitrogen and oxygen atoms in total. The van der Waals surface area contributed by atoms with Crippen LogP contribution in [0, 0.1) is 0 Å². The summed E-state index contributed by atoms with van der Waals surface area (Å²) in [5.74, 6) is 1.55. The maximum absolute atomic E-state index is 12.1. The van der Waals surface area contributed by atoms with Gasteiger partial charge in [-0.15, -0.1) is 11.3 Å². The predicted molar refractivity (Wildman–Crippen MR) is 105 cm³/mol. The third kappa shape index (κ3) is 5.47. The first-order valence-corrected chi connectivity index (χ1v) is 9.91. The number of benzene rings is 1. The zero-order chi connectivity index (χ0) is 18.9. The molecular formula is C20H29N2O3S+. The summed E-state index contributed by atoms with van der Waals surface area (Å²) in [4.78, 5) is 14.5. The summed E-state index contributed by atoms with van der Waals surface area (Å²) in [7, 11) is 1.65. The molecule has 26 heavy (non-hydrogen) atoms. The fourth-order valence-electron chi connectivity index (χ4n) is 2.84. The molecule has 0 fully saturated rings. The van der Waals surface area contributed by atoms with Gasteiger partial charge in [0.1, 0.15) is 13.2 Å². The van der Waals surface area contributed by atoms with Crippen LogP contribution in [0.25, 0.3) is 0 Å². The highest BCUT2D eigenvalue weighted by atomic mass is 32.1. The van der Waals surface area contributed by atoms with E-state index >= 15 is 0 Å². The molecule has 0 spiro atoms. The molecule has 0 aliphatic heterocycles. The smallest absolute Gasteiger partial charge is 0.278 e. The van der Waals surface area contributed by atoms with Crippen molar-refractivity contribution in [3.8, 4) is 11.5 Å². The van der Waals surface area contributed by atoms with E-state index in [4.69, 9.17) is 9.47 Å². The van der Waals surface area contributed by atoms with E-state index in [0.717, 1.165) is 30.2 Å². The van der Waals surface area contributed by atoms with Gasteiger partial charge in [0.15, 0.2) is 17.5 Å². The molecule has 2 atom stereocenters. The molecule has 1 heterocycles. The van der Waals surface area contributed by atoms with Crippen molar-refractivity contribution in [2.75, 3.05) is 20.2 Å². The monoisotopic (exact) mass is 377 g/mol. The maximum atomic E-state index is 12.1. The SMILES string of the molecule is CCNC(=O)[C@H](C)[NH+](CC)Cc1ccc(OCc2cccs2)c(OC)c1. The van der Waals surface area contributed by atoms with Gasteiger partial charge in [-0.3, -0.25) is 4.79 Å². The number of carbonyl (C=O) groups is 1. The number of nitrogens with one attached hydrogen (secondary N) is 2. The maximum Gasteiger partial charge on any atom is 0.278 e. The van der Waals surface area contributed by atoms with E-state index in [0.29, 0.717) is 13.2 Å². The molecule has 6 heteroatoms. The number of rotatable bonds is 10. The Labute approximate surface area is 159 Å². The quantitative estimate of drug-likeness (QED) is 0.668. The van der Waals surface area contributed by atoms with Gasteiger partial charge in [-0.1, -0.05) is 6.07 Å². The van der Waals surface area contributed by atoms with Crippen LogP contribution in [0.3, 0.4) is 0 Å². The van der Waals surface area contributed by atoms with Gasteiger partial charge in [0.2, 0.25) is 0 Å². The van der Waals surface area contributed by atoms with E-state index in [1.165, 1.54) is 9.78 Å². The third-order valence-corrected chi connectivity index (χ3v) is 5.27. The Bertz CT molecular complexity index is 688. The Hall–Kier alpha value is -2.05. The number of methoxy groups -OCH3 is 1. The lowest BCUT2D eigenvalue weighted by molar-refractivity contribution is -0.926. The minimum atomic E-state index is -0.0966. The number of thiophene rings is 1. The van der Waals surface area contributed by atoms with Crippen LogP contribution < -0.4 is 19.7 Å². The average Bonchev–Trinajstić information content (AvgIpc) is 3.18. The summed E-state index contributed by atoms with van der Waals surface area (Å²) in [5.41, 5.74) is 1.12. The first-order valence-electron chi connectivity index (χ1n) is 9.03. The van der Waals surface area contributed by atoms with Gasteiger partial charge in [-0.25, -0.2) is 0 Å². The molecule has 1 unspecified atom stereocenters. The molecule has 1 aromatic carbocycles. The van der Waals surface area contributed by atoms with E-state index in [-0.39, 0.29) is 11.9 Å². The minimum absolute atomic E-state index is 0.0900. The Morgan fingerprint density at radius 1 is 1.27 bits per heavy atom. The largest absolute Gasteiger partial charge is 0.493 e. The third-order valence-electron chi connectivity index (χ3n) is 4.42. The van der Waals surface area contributed by atoms with Crippen LogP contribution in [0.2, 0.25) is 0 Å². The van der Waals surface area contributed by atoms with Crippen molar-refractivity contribution in [3.63, 3.8) is 0 Å². The minimum Gasteiger partial charge on any atom is -0.493 e. The molecule has 1 amide bonds. The number of hydrogen-bond donors (Lipinski definition) is 2. The second kappa shape index (κ2) is 10.2. The van der Waals surface area contributed by atoms with Crippen LogP contribution in [0.4, 0.5) is 0 Å². The zero-order valence-corrected chi connectivity index (χ0v) is 16.8. The van der Waals surface area contributed by atoms with E-state index < -0.39 is 0 Å². The Balaban J connectivity index is 2.05. The normalized spacial score (nSPS) is 13.1. The summed E-state index contributed by atoms with van der Waals surface area (Å²) in [5, 5.41) is 4.94. The van der Waals surface area contributed by atoms with E-state index in [1.54, 1.807) is 18.4 Å². The molecule has 0 bridgehead atoms. The van der Waals surface area contributed by atoms with E-state index in [9.17, 15) is 4.79 Å². The van der Waals surface area contributed by atoms with E-state index in [1.807, 2.05) is 43.5 Å². The summed E-state index contributed by atoms with van der Waals surface area (Å²) >= 11 is 1.67. The highest BCUT2D eigenvalue weighted by molar-refractivity contribution is 7.09. The van der Waals surface area contributed by atoms with Crippen LogP contribution >= 0.6 is 11.3 Å². The van der Waals surface area contributed by atoms with Crippen LogP contribution in [-0.4, -0.2) is 32.1 Å². The standard InChI is InChI=1S/C20H28N2O3S/c1-5-21-20(23)15(3)22(6-2)13-16-9-10-18(19(12-16)24-4)25-14-17-8-7-11-26-17/h7-12,15H,5-6,13-14H2,1-4H3,(H,21,23)/p+1/t15-/m0/s1. The van der Waals surface area contributed by atoms with Crippen molar-refractivity contribution in [1.82, 2.24) is 5.32 Å². The second-order valence-corrected chi connectivity index (χ2v) is 7.19. The highest BCUT2D eigenvalue weighted by Crippen LogP contribution is 2.29. The van der Waals surface area contributed by atoms with Crippen molar-refractivity contribution < 1.29 is 19.2 Å². The predicted octanol–water partition coefficient (Wildman–Crippen LogP) is 2.27. The zero-order valence-electron chi connectivity index (χ0n) is 16.0. The second-order valence-electron chi connectivity index (χ2n) is 6.16. The van der Waals surface area contributed by atoms with Gasteiger partial charge in [0, 0.05) is 17.0 Å². The molecule has 0 aliphatic carbocycles. The number of carbonyl (C=O) groups excluding carboxylic acids is 1. The topological polar surface area (TPSA) is 52.0 Å². The van der Waals surface area contributed by atoms with Gasteiger partial charge in [-0.2, -0.15) is 0 Å². The van der Waals surface area contributed by atoms with Gasteiger partial charge >= 0.3 is 0 Å². The van der Waals surface area contributed by atoms with Crippen LogP contribution in [0.1, 0.15) is 31.2 Å². The summed E-state index contributed by atoms with van der Waals surface area (Å²) < 4.78 is 11.4. The number of quaternary nitrogens is 1. The number of hydrogen-bond acceptors (Lipinski definition) is 4. The van der Waals surface area contributed by atoms with E-state index in [2.05, 4.69) is 18.3 Å². The molecule has 0 radical (unpaired) electrons. The lowest BCUT2D eigenvalue weighted by Crippen LogP contribution is -3.15. The number of ether oxygens (including phenoxy) is 2. The summed E-state index contributed by atoms with van der Waals surface area (Å²) in [6.45, 7) is 8.84. The number of amides is 1. The van der Waals surface area contributed by atoms with Crippen molar-refractivity contribution >= 4 is 17.2 Å². The van der Waals surface area contributed by atoms with Gasteiger partial charge in [0.05, 0.1) is 13.7 Å². The Kier molecular flexibility index (Phi) is 7.94. The highest BCUT2D eigenvalue weighted by Gasteiger charge is 2.23. The molecule has 2 aromatic rings. The molecule has 0 saturated heterocycles. The van der Waals surface area contributed by atoms with Gasteiger partial charge < -0.3 is 19.7 Å². The molecule has 0 aliphatic rings. The number of likely N-dealkylation sites (N-methyl/N-ethyl adjacent to an activating group) is 2. The average molecular weight is 378 g/mol. The van der Waals surface area contributed by atoms with Crippen molar-refractivity contribution in [3.05, 3.63) is 46.2 Å². The first kappa shape index (κ1) is 20.3. The van der Waals surface area contributed by atoms with Crippen LogP contribution in [0.15, 0.2) is 35.7 Å². The summed E-state index contributed by atoms with van der Waals surface area (Å²) in [6, 6.07) is 9.97. The fraction of sp³-hybridized carbons (Fsp3) is 0.450. The van der Waals surface area contributed by atoms with Crippen LogP contribution in [-0.2, 0) is 17.9 Å². The lowest BCUT2D eigenvalue weighted by Gasteiger charge is -2.24. The summed E-state index contributed by atoms with van der Waals surface area (Å²) in [6.07, 6.45) is 0. The van der Waals surface area contributed by atoms with Crippen LogP contribution in [0.5, 0.6) is 11.5 Å². The van der Waals surface area contributed by atoms with Crippen molar-refractivity contribution in [2.24, 2.45) is 0 Å². The molecule has 2 rings (SSSR count). The molecule has 0 saturated carbocycles. The molecule has 2 N–H and O–H groups in total. The first-order chi connectivity index (χ1) is 12.6. The molecular weight excluding hydrogens is 348 g/mol. The van der Waals surface area contributed by atoms with Crippen molar-refractivity contribution in [1.29, 1.82) is 0 Å². The van der Waals surface area contributed by atoms with Gasteiger partial charge in [0.25, 0.3) is 5.91 Å². The lowest BCUT2D eigenvalue weighted by atomic mass is 10.1. The fourth-order valence-corrected chi connectivity index (χ4v) is 3.46. The molecule has 142 valence electrons. The Morgan fingerprint density at radius 2 is 2.08 bits per heavy atom. The van der Waals surface area contributed by atoms with Crippen molar-refractivity contribution in [2.45, 2.75) is 40.0 Å². The van der Waals surface area contributed by atoms with Gasteiger partial charge in [-0.05, 0) is 50.4 Å². The molecule has 1 aromatic heterocycles. The Morgan fingerprint density at radius 3 is 2.69 bits per heavy atom.